The van der Waals surface area contributed by atoms with Gasteiger partial charge in [-0.3, -0.25) is 19.2 Å². The van der Waals surface area contributed by atoms with Gasteiger partial charge in [-0.05, 0) is 13.8 Å². The fraction of sp³-hybridized carbons (Fsp3) is 0.714. The third-order valence-electron chi connectivity index (χ3n) is 4.38. The Balaban J connectivity index is 2.58. The minimum absolute atomic E-state index is 0.0479. The first-order valence-electron chi connectivity index (χ1n) is 6.84. The smallest absolute Gasteiger partial charge is 0.324 e. The van der Waals surface area contributed by atoms with E-state index in [4.69, 9.17) is 18.9 Å². The van der Waals surface area contributed by atoms with E-state index in [0.29, 0.717) is 0 Å². The highest BCUT2D eigenvalue weighted by Crippen LogP contribution is 2.60. The van der Waals surface area contributed by atoms with Crippen molar-refractivity contribution < 1.29 is 38.1 Å². The van der Waals surface area contributed by atoms with Gasteiger partial charge in [-0.15, -0.1) is 0 Å². The van der Waals surface area contributed by atoms with Crippen molar-refractivity contribution in [2.45, 2.75) is 25.9 Å². The van der Waals surface area contributed by atoms with Gasteiger partial charge >= 0.3 is 23.9 Å². The Bertz CT molecular complexity index is 523. The van der Waals surface area contributed by atoms with E-state index in [9.17, 15) is 19.2 Å². The highest BCUT2D eigenvalue weighted by atomic mass is 16.6. The number of esters is 4. The maximum absolute atomic E-state index is 12.3. The summed E-state index contributed by atoms with van der Waals surface area (Å²) in [6.45, 7) is 3.20. The van der Waals surface area contributed by atoms with Crippen LogP contribution in [0.1, 0.15) is 20.3 Å². The lowest BCUT2D eigenvalue weighted by Crippen LogP contribution is -2.55. The van der Waals surface area contributed by atoms with Crippen LogP contribution in [0.15, 0.2) is 0 Å². The van der Waals surface area contributed by atoms with Crippen LogP contribution in [0.25, 0.3) is 0 Å². The molecular formula is C14H18O8. The lowest BCUT2D eigenvalue weighted by molar-refractivity contribution is -0.208. The summed E-state index contributed by atoms with van der Waals surface area (Å²) < 4.78 is 19.5. The molecule has 0 bridgehead atoms. The van der Waals surface area contributed by atoms with Crippen molar-refractivity contribution >= 4 is 23.9 Å². The van der Waals surface area contributed by atoms with Crippen molar-refractivity contribution in [3.05, 3.63) is 0 Å². The second-order valence-electron chi connectivity index (χ2n) is 5.57. The quantitative estimate of drug-likeness (QED) is 0.400. The third-order valence-corrected chi connectivity index (χ3v) is 4.38. The van der Waals surface area contributed by atoms with E-state index in [2.05, 4.69) is 0 Å². The van der Waals surface area contributed by atoms with Crippen LogP contribution in [0.4, 0.5) is 0 Å². The van der Waals surface area contributed by atoms with Crippen molar-refractivity contribution in [3.8, 4) is 0 Å². The van der Waals surface area contributed by atoms with Crippen LogP contribution < -0.4 is 0 Å². The molecule has 1 heterocycles. The van der Waals surface area contributed by atoms with Gasteiger partial charge in [0.05, 0.1) is 20.8 Å². The van der Waals surface area contributed by atoms with E-state index in [0.717, 1.165) is 14.2 Å². The molecule has 0 aromatic rings. The molecule has 1 aliphatic heterocycles. The highest BCUT2D eigenvalue weighted by Gasteiger charge is 2.78. The van der Waals surface area contributed by atoms with Gasteiger partial charge in [0.1, 0.15) is 17.4 Å². The molecule has 3 atom stereocenters. The van der Waals surface area contributed by atoms with Gasteiger partial charge in [0.2, 0.25) is 0 Å². The molecule has 0 unspecified atom stereocenters. The Morgan fingerprint density at radius 2 is 1.77 bits per heavy atom. The predicted octanol–water partition coefficient (Wildman–Crippen LogP) is -0.166. The Hall–Kier alpha value is -2.12. The first kappa shape index (κ1) is 16.3. The Morgan fingerprint density at radius 1 is 1.23 bits per heavy atom. The largest absolute Gasteiger partial charge is 0.468 e. The van der Waals surface area contributed by atoms with Crippen LogP contribution in [-0.2, 0) is 38.1 Å². The van der Waals surface area contributed by atoms with Gasteiger partial charge in [-0.25, -0.2) is 0 Å². The summed E-state index contributed by atoms with van der Waals surface area (Å²) in [5, 5.41) is 0. The molecule has 2 rings (SSSR count). The molecule has 0 spiro atoms. The summed E-state index contributed by atoms with van der Waals surface area (Å²) >= 11 is 0. The molecule has 0 N–H and O–H groups in total. The zero-order valence-electron chi connectivity index (χ0n) is 12.8. The molecule has 8 nitrogen and oxygen atoms in total. The normalized spacial score (nSPS) is 31.4. The molecular weight excluding hydrogens is 296 g/mol. The number of ether oxygens (including phenoxy) is 4. The molecule has 0 amide bonds. The molecule has 22 heavy (non-hydrogen) atoms. The molecule has 2 aliphatic rings. The topological polar surface area (TPSA) is 105 Å². The van der Waals surface area contributed by atoms with E-state index in [1.807, 2.05) is 0 Å². The van der Waals surface area contributed by atoms with Crippen molar-refractivity contribution in [1.82, 2.24) is 0 Å². The Labute approximate surface area is 127 Å². The molecule has 1 saturated carbocycles. The average molecular weight is 314 g/mol. The standard InChI is InChI=1S/C14H18O8/c1-5-21-9(15)8-7-10(16)22-13(7,2)6-14(8,11(17)19-3)12(18)20-4/h7-8H,5-6H2,1-4H3/t7-,8-,13-/m0/s1. The van der Waals surface area contributed by atoms with Crippen LogP contribution in [0.5, 0.6) is 0 Å². The summed E-state index contributed by atoms with van der Waals surface area (Å²) in [6, 6.07) is 0. The number of methoxy groups -OCH3 is 2. The van der Waals surface area contributed by atoms with E-state index < -0.39 is 46.7 Å². The predicted molar refractivity (Wildman–Crippen MR) is 69.2 cm³/mol. The van der Waals surface area contributed by atoms with Gasteiger partial charge in [-0.1, -0.05) is 0 Å². The summed E-state index contributed by atoms with van der Waals surface area (Å²) in [5.74, 6) is -5.60. The molecule has 122 valence electrons. The molecule has 2 fully saturated rings. The summed E-state index contributed by atoms with van der Waals surface area (Å²) in [4.78, 5) is 48.8. The van der Waals surface area contributed by atoms with E-state index in [-0.39, 0.29) is 13.0 Å². The minimum Gasteiger partial charge on any atom is -0.468 e. The molecule has 0 aromatic carbocycles. The second-order valence-corrected chi connectivity index (χ2v) is 5.57. The number of hydrogen-bond acceptors (Lipinski definition) is 8. The van der Waals surface area contributed by atoms with Gasteiger partial charge in [0.15, 0.2) is 5.41 Å². The molecule has 1 aliphatic carbocycles. The molecule has 1 saturated heterocycles. The number of carbonyl (C=O) groups excluding carboxylic acids is 4. The monoisotopic (exact) mass is 314 g/mol. The number of fused-ring (bicyclic) bond motifs is 1. The SMILES string of the molecule is CCOC(=O)[C@@H]1[C@H]2C(=O)O[C@@]2(C)CC1(C(=O)OC)C(=O)OC. The number of rotatable bonds is 4. The second kappa shape index (κ2) is 5.26. The van der Waals surface area contributed by atoms with Gasteiger partial charge in [-0.2, -0.15) is 0 Å². The van der Waals surface area contributed by atoms with Crippen molar-refractivity contribution in [1.29, 1.82) is 0 Å². The van der Waals surface area contributed by atoms with Gasteiger partial charge in [0, 0.05) is 6.42 Å². The van der Waals surface area contributed by atoms with E-state index in [1.165, 1.54) is 0 Å². The third kappa shape index (κ3) is 1.89. The van der Waals surface area contributed by atoms with Crippen LogP contribution in [0, 0.1) is 17.3 Å². The van der Waals surface area contributed by atoms with Gasteiger partial charge in [0.25, 0.3) is 0 Å². The number of hydrogen-bond donors (Lipinski definition) is 0. The lowest BCUT2D eigenvalue weighted by atomic mass is 9.74. The lowest BCUT2D eigenvalue weighted by Gasteiger charge is -2.41. The van der Waals surface area contributed by atoms with Crippen molar-refractivity contribution in [2.24, 2.45) is 17.3 Å². The van der Waals surface area contributed by atoms with Crippen LogP contribution in [0.2, 0.25) is 0 Å². The zero-order chi connectivity index (χ0) is 16.7. The van der Waals surface area contributed by atoms with Crippen molar-refractivity contribution in [3.63, 3.8) is 0 Å². The Morgan fingerprint density at radius 3 is 2.18 bits per heavy atom. The summed E-state index contributed by atoms with van der Waals surface area (Å²) in [7, 11) is 2.20. The average Bonchev–Trinajstić information content (AvgIpc) is 2.70. The van der Waals surface area contributed by atoms with E-state index in [1.54, 1.807) is 13.8 Å². The first-order valence-corrected chi connectivity index (χ1v) is 6.84. The minimum atomic E-state index is -1.94. The maximum atomic E-state index is 12.3. The van der Waals surface area contributed by atoms with E-state index >= 15 is 0 Å². The fourth-order valence-corrected chi connectivity index (χ4v) is 3.55. The van der Waals surface area contributed by atoms with Crippen molar-refractivity contribution in [2.75, 3.05) is 20.8 Å². The van der Waals surface area contributed by atoms with Gasteiger partial charge < -0.3 is 18.9 Å². The molecule has 0 aromatic heterocycles. The highest BCUT2D eigenvalue weighted by molar-refractivity contribution is 6.07. The first-order chi connectivity index (χ1) is 10.3. The zero-order valence-corrected chi connectivity index (χ0v) is 12.8. The molecule has 8 heteroatoms. The summed E-state index contributed by atoms with van der Waals surface area (Å²) in [6.07, 6.45) is -0.181. The fourth-order valence-electron chi connectivity index (χ4n) is 3.55. The van der Waals surface area contributed by atoms with Crippen LogP contribution >= 0.6 is 0 Å². The number of carbonyl (C=O) groups is 4. The molecule has 0 radical (unpaired) electrons. The summed E-state index contributed by atoms with van der Waals surface area (Å²) in [5.41, 5.74) is -3.04. The maximum Gasteiger partial charge on any atom is 0.324 e. The van der Waals surface area contributed by atoms with Crippen LogP contribution in [0.3, 0.4) is 0 Å². The van der Waals surface area contributed by atoms with Crippen LogP contribution in [-0.4, -0.2) is 50.3 Å². The Kier molecular flexibility index (Phi) is 3.88.